The van der Waals surface area contributed by atoms with E-state index in [0.717, 1.165) is 107 Å². The molecular formula is C44H52N10O6. The number of aromatic nitrogens is 3. The van der Waals surface area contributed by atoms with Crippen molar-refractivity contribution in [3.05, 3.63) is 77.2 Å². The quantitative estimate of drug-likeness (QED) is 0.199. The van der Waals surface area contributed by atoms with Gasteiger partial charge in [-0.25, -0.2) is 9.50 Å². The molecule has 4 fully saturated rings. The second-order valence-electron chi connectivity index (χ2n) is 16.7. The molecule has 5 aliphatic heterocycles. The molecule has 0 spiro atoms. The average molecular weight is 817 g/mol. The number of anilines is 3. The van der Waals surface area contributed by atoms with Gasteiger partial charge in [-0.1, -0.05) is 0 Å². The molecule has 314 valence electrons. The number of amides is 5. The molecule has 1 unspecified atom stereocenters. The standard InChI is InChI=1S/C44H52N10O6/c1-60-38-24-31(5-6-32(38)41(56)46-34-8-10-40(55)48-42(34)57)51-20-11-28(12-21-51)26-50-18-13-30(14-19-50)53-27-29-23-36(37(25-33(29)44(53)59)52-16-3-2-4-17-52)47-43(58)35-7-9-39-45-15-22-54(39)49-35/h5-7,9,15,22-25,28,30,34H,2-4,8,10-14,16-21,26-27H2,1H3,(H,46,56)(H,47,58)(H,48,55,57). The van der Waals surface area contributed by atoms with Gasteiger partial charge in [-0.05, 0) is 99.2 Å². The number of imide groups is 1. The van der Waals surface area contributed by atoms with E-state index in [1.54, 1.807) is 35.1 Å². The molecule has 0 saturated carbocycles. The first-order valence-corrected chi connectivity index (χ1v) is 21.3. The van der Waals surface area contributed by atoms with E-state index in [1.165, 1.54) is 13.5 Å². The highest BCUT2D eigenvalue weighted by molar-refractivity contribution is 6.07. The Kier molecular flexibility index (Phi) is 11.1. The van der Waals surface area contributed by atoms with Crippen LogP contribution < -0.4 is 30.5 Å². The van der Waals surface area contributed by atoms with E-state index < -0.39 is 17.9 Å². The molecule has 16 nitrogen and oxygen atoms in total. The number of carbonyl (C=O) groups is 5. The lowest BCUT2D eigenvalue weighted by Crippen LogP contribution is -2.52. The van der Waals surface area contributed by atoms with Crippen molar-refractivity contribution < 1.29 is 28.7 Å². The zero-order valence-electron chi connectivity index (χ0n) is 34.0. The number of rotatable bonds is 10. The highest BCUT2D eigenvalue weighted by Gasteiger charge is 2.37. The van der Waals surface area contributed by atoms with E-state index in [4.69, 9.17) is 4.74 Å². The number of methoxy groups -OCH3 is 1. The number of ether oxygens (including phenoxy) is 1. The summed E-state index contributed by atoms with van der Waals surface area (Å²) in [5.74, 6) is -0.444. The van der Waals surface area contributed by atoms with Crippen molar-refractivity contribution in [1.29, 1.82) is 0 Å². The first kappa shape index (κ1) is 39.4. The summed E-state index contributed by atoms with van der Waals surface area (Å²) < 4.78 is 7.19. The molecule has 4 saturated heterocycles. The summed E-state index contributed by atoms with van der Waals surface area (Å²) in [4.78, 5) is 77.8. The van der Waals surface area contributed by atoms with Gasteiger partial charge in [0.25, 0.3) is 17.7 Å². The van der Waals surface area contributed by atoms with Gasteiger partial charge >= 0.3 is 0 Å². The fourth-order valence-corrected chi connectivity index (χ4v) is 9.57. The van der Waals surface area contributed by atoms with Crippen LogP contribution in [0.2, 0.25) is 0 Å². The van der Waals surface area contributed by atoms with Crippen LogP contribution in [-0.4, -0.2) is 119 Å². The van der Waals surface area contributed by atoms with Crippen LogP contribution in [-0.2, 0) is 16.1 Å². The molecule has 1 atom stereocenters. The van der Waals surface area contributed by atoms with Crippen LogP contribution >= 0.6 is 0 Å². The number of hydrogen-bond donors (Lipinski definition) is 3. The van der Waals surface area contributed by atoms with Crippen LogP contribution in [0.15, 0.2) is 54.9 Å². The summed E-state index contributed by atoms with van der Waals surface area (Å²) in [6, 6.07) is 12.4. The average Bonchev–Trinajstić information content (AvgIpc) is 3.88. The Morgan fingerprint density at radius 1 is 0.867 bits per heavy atom. The molecule has 5 amide bonds. The minimum Gasteiger partial charge on any atom is -0.496 e. The molecule has 60 heavy (non-hydrogen) atoms. The lowest BCUT2D eigenvalue weighted by molar-refractivity contribution is -0.134. The smallest absolute Gasteiger partial charge is 0.276 e. The zero-order valence-corrected chi connectivity index (χ0v) is 34.0. The number of nitrogens with one attached hydrogen (secondary N) is 3. The Morgan fingerprint density at radius 2 is 1.67 bits per heavy atom. The van der Waals surface area contributed by atoms with Crippen LogP contribution in [0, 0.1) is 5.92 Å². The van der Waals surface area contributed by atoms with Crippen LogP contribution in [0.1, 0.15) is 94.6 Å². The number of likely N-dealkylation sites (tertiary alicyclic amines) is 1. The van der Waals surface area contributed by atoms with Crippen molar-refractivity contribution in [3.8, 4) is 5.75 Å². The van der Waals surface area contributed by atoms with Gasteiger partial charge in [-0.3, -0.25) is 29.3 Å². The maximum atomic E-state index is 14.1. The summed E-state index contributed by atoms with van der Waals surface area (Å²) in [5, 5.41) is 12.6. The van der Waals surface area contributed by atoms with Crippen molar-refractivity contribution in [2.45, 2.75) is 76.4 Å². The fourth-order valence-electron chi connectivity index (χ4n) is 9.57. The molecular weight excluding hydrogens is 765 g/mol. The maximum absolute atomic E-state index is 14.1. The number of hydrogen-bond acceptors (Lipinski definition) is 11. The van der Waals surface area contributed by atoms with E-state index in [2.05, 4.69) is 45.6 Å². The van der Waals surface area contributed by atoms with Gasteiger partial charge in [-0.2, -0.15) is 5.10 Å². The van der Waals surface area contributed by atoms with Crippen molar-refractivity contribution in [1.82, 2.24) is 35.0 Å². The summed E-state index contributed by atoms with van der Waals surface area (Å²) in [5.41, 5.74) is 5.60. The van der Waals surface area contributed by atoms with Crippen molar-refractivity contribution >= 4 is 52.2 Å². The molecule has 2 aromatic carbocycles. The van der Waals surface area contributed by atoms with Crippen LogP contribution in [0.5, 0.6) is 5.75 Å². The molecule has 0 bridgehead atoms. The fraction of sp³-hybridized carbons (Fsp3) is 0.477. The Balaban J connectivity index is 0.784. The zero-order chi connectivity index (χ0) is 41.3. The van der Waals surface area contributed by atoms with Gasteiger partial charge in [0.15, 0.2) is 5.65 Å². The predicted molar refractivity (Wildman–Crippen MR) is 224 cm³/mol. The highest BCUT2D eigenvalue weighted by atomic mass is 16.5. The van der Waals surface area contributed by atoms with Crippen molar-refractivity contribution in [2.75, 3.05) is 68.0 Å². The van der Waals surface area contributed by atoms with Gasteiger partial charge in [0.1, 0.15) is 17.5 Å². The molecule has 2 aromatic heterocycles. The maximum Gasteiger partial charge on any atom is 0.276 e. The van der Waals surface area contributed by atoms with E-state index in [9.17, 15) is 24.0 Å². The third-order valence-corrected chi connectivity index (χ3v) is 13.0. The predicted octanol–water partition coefficient (Wildman–Crippen LogP) is 3.85. The highest BCUT2D eigenvalue weighted by Crippen LogP contribution is 2.38. The van der Waals surface area contributed by atoms with Gasteiger partial charge in [0.2, 0.25) is 11.8 Å². The number of carbonyl (C=O) groups excluding carboxylic acids is 5. The molecule has 9 rings (SSSR count). The summed E-state index contributed by atoms with van der Waals surface area (Å²) >= 11 is 0. The SMILES string of the molecule is COc1cc(N2CCC(CN3CCC(N4Cc5cc(NC(=O)c6ccc7nccn7n6)c(N6CCCCC6)cc5C4=O)CC3)CC2)ccc1C(=O)NC1CCC(=O)NC1=O. The van der Waals surface area contributed by atoms with Crippen molar-refractivity contribution in [2.24, 2.45) is 5.92 Å². The lowest BCUT2D eigenvalue weighted by Gasteiger charge is -2.40. The monoisotopic (exact) mass is 816 g/mol. The first-order chi connectivity index (χ1) is 29.2. The number of piperidine rings is 4. The Labute approximate surface area is 348 Å². The third-order valence-electron chi connectivity index (χ3n) is 13.0. The number of fused-ring (bicyclic) bond motifs is 2. The number of benzene rings is 2. The molecule has 0 aliphatic carbocycles. The van der Waals surface area contributed by atoms with Crippen molar-refractivity contribution in [3.63, 3.8) is 0 Å². The molecule has 3 N–H and O–H groups in total. The second kappa shape index (κ2) is 16.9. The molecule has 7 heterocycles. The van der Waals surface area contributed by atoms with Gasteiger partial charge in [-0.15, -0.1) is 0 Å². The molecule has 4 aromatic rings. The normalized spacial score (nSPS) is 20.6. The minimum absolute atomic E-state index is 0.0822. The van der Waals surface area contributed by atoms with E-state index in [1.807, 2.05) is 24.3 Å². The topological polar surface area (TPSA) is 174 Å². The molecule has 0 radical (unpaired) electrons. The van der Waals surface area contributed by atoms with E-state index >= 15 is 0 Å². The van der Waals surface area contributed by atoms with E-state index in [0.29, 0.717) is 40.8 Å². The summed E-state index contributed by atoms with van der Waals surface area (Å²) in [6.07, 6.45) is 11.1. The second-order valence-corrected chi connectivity index (χ2v) is 16.7. The Bertz CT molecular complexity index is 2310. The molecule has 16 heteroatoms. The van der Waals surface area contributed by atoms with E-state index in [-0.39, 0.29) is 36.6 Å². The third kappa shape index (κ3) is 8.12. The summed E-state index contributed by atoms with van der Waals surface area (Å²) in [7, 11) is 1.53. The van der Waals surface area contributed by atoms with Crippen LogP contribution in [0.25, 0.3) is 5.65 Å². The number of nitrogens with zero attached hydrogens (tertiary/aromatic N) is 7. The van der Waals surface area contributed by atoms with Crippen LogP contribution in [0.3, 0.4) is 0 Å². The molecule has 5 aliphatic rings. The lowest BCUT2D eigenvalue weighted by atomic mass is 9.94. The van der Waals surface area contributed by atoms with Gasteiger partial charge < -0.3 is 35.0 Å². The van der Waals surface area contributed by atoms with Gasteiger partial charge in [0.05, 0.1) is 24.0 Å². The first-order valence-electron chi connectivity index (χ1n) is 21.3. The Morgan fingerprint density at radius 3 is 2.43 bits per heavy atom. The number of imidazole rings is 1. The largest absolute Gasteiger partial charge is 0.496 e. The van der Waals surface area contributed by atoms with Gasteiger partial charge in [0, 0.05) is 94.5 Å². The summed E-state index contributed by atoms with van der Waals surface area (Å²) in [6.45, 7) is 7.01. The minimum atomic E-state index is -0.757. The Hall–Kier alpha value is -6.03. The van der Waals surface area contributed by atoms with Crippen LogP contribution in [0.4, 0.5) is 17.1 Å².